The van der Waals surface area contributed by atoms with Gasteiger partial charge in [0.15, 0.2) is 0 Å². The fraction of sp³-hybridized carbons (Fsp3) is 0.448. The summed E-state index contributed by atoms with van der Waals surface area (Å²) in [6.45, 7) is 9.88. The SMILES string of the molecule is CC.Cc1cc(CCc2ccc(CN3CCCC3)cc2)cc(CSC2=CCCC=C2)c1. The number of hydrogen-bond donors (Lipinski definition) is 0. The number of thioether (sulfide) groups is 1. The molecule has 0 atom stereocenters. The van der Waals surface area contributed by atoms with Crippen LogP contribution in [0.4, 0.5) is 0 Å². The number of allylic oxidation sites excluding steroid dienone is 3. The van der Waals surface area contributed by atoms with Crippen molar-refractivity contribution >= 4 is 11.8 Å². The molecule has 4 rings (SSSR count). The van der Waals surface area contributed by atoms with Gasteiger partial charge >= 0.3 is 0 Å². The largest absolute Gasteiger partial charge is 0.299 e. The summed E-state index contributed by atoms with van der Waals surface area (Å²) in [5.74, 6) is 1.07. The first-order valence-corrected chi connectivity index (χ1v) is 13.1. The van der Waals surface area contributed by atoms with E-state index in [-0.39, 0.29) is 0 Å². The van der Waals surface area contributed by atoms with Gasteiger partial charge in [0.25, 0.3) is 0 Å². The van der Waals surface area contributed by atoms with E-state index in [1.54, 1.807) is 0 Å². The molecule has 0 aromatic heterocycles. The third-order valence-corrected chi connectivity index (χ3v) is 7.01. The van der Waals surface area contributed by atoms with Crippen molar-refractivity contribution < 1.29 is 0 Å². The van der Waals surface area contributed by atoms with E-state index in [9.17, 15) is 0 Å². The predicted molar refractivity (Wildman–Crippen MR) is 139 cm³/mol. The highest BCUT2D eigenvalue weighted by molar-refractivity contribution is 8.02. The van der Waals surface area contributed by atoms with Crippen LogP contribution in [-0.2, 0) is 25.1 Å². The molecule has 1 nitrogen and oxygen atoms in total. The first kappa shape index (κ1) is 23.9. The minimum Gasteiger partial charge on any atom is -0.299 e. The third-order valence-electron chi connectivity index (χ3n) is 5.89. The molecule has 1 heterocycles. The Morgan fingerprint density at radius 3 is 2.19 bits per heavy atom. The van der Waals surface area contributed by atoms with Crippen LogP contribution >= 0.6 is 11.8 Å². The Kier molecular flexibility index (Phi) is 9.96. The van der Waals surface area contributed by atoms with Gasteiger partial charge in [-0.25, -0.2) is 0 Å². The monoisotopic (exact) mass is 433 g/mol. The maximum Gasteiger partial charge on any atom is 0.0233 e. The van der Waals surface area contributed by atoms with Gasteiger partial charge in [-0.2, -0.15) is 0 Å². The number of benzene rings is 2. The molecule has 2 aromatic rings. The summed E-state index contributed by atoms with van der Waals surface area (Å²) in [7, 11) is 0. The first-order valence-electron chi connectivity index (χ1n) is 12.1. The van der Waals surface area contributed by atoms with Crippen LogP contribution in [0.15, 0.2) is 65.6 Å². The number of rotatable bonds is 8. The van der Waals surface area contributed by atoms with Gasteiger partial charge in [-0.15, -0.1) is 11.8 Å². The summed E-state index contributed by atoms with van der Waals surface area (Å²) in [4.78, 5) is 3.99. The van der Waals surface area contributed by atoms with Crippen LogP contribution in [0, 0.1) is 6.92 Å². The molecule has 0 amide bonds. The Hall–Kier alpha value is -1.77. The molecule has 0 N–H and O–H groups in total. The van der Waals surface area contributed by atoms with E-state index in [0.717, 1.165) is 25.1 Å². The summed E-state index contributed by atoms with van der Waals surface area (Å²) >= 11 is 1.97. The van der Waals surface area contributed by atoms with E-state index in [2.05, 4.69) is 72.5 Å². The second kappa shape index (κ2) is 12.9. The maximum absolute atomic E-state index is 2.57. The van der Waals surface area contributed by atoms with E-state index >= 15 is 0 Å². The van der Waals surface area contributed by atoms with E-state index in [1.165, 1.54) is 71.5 Å². The minimum atomic E-state index is 1.07. The minimum absolute atomic E-state index is 1.07. The Morgan fingerprint density at radius 1 is 0.806 bits per heavy atom. The van der Waals surface area contributed by atoms with Gasteiger partial charge in [-0.1, -0.05) is 80.1 Å². The van der Waals surface area contributed by atoms with Crippen molar-refractivity contribution in [2.24, 2.45) is 0 Å². The molecule has 0 bridgehead atoms. The van der Waals surface area contributed by atoms with E-state index in [4.69, 9.17) is 0 Å². The molecule has 0 spiro atoms. The van der Waals surface area contributed by atoms with Gasteiger partial charge in [0, 0.05) is 17.2 Å². The summed E-state index contributed by atoms with van der Waals surface area (Å²) in [5.41, 5.74) is 7.20. The average molecular weight is 434 g/mol. The molecule has 0 saturated carbocycles. The Balaban J connectivity index is 0.00000132. The molecule has 1 aliphatic carbocycles. The van der Waals surface area contributed by atoms with Crippen molar-refractivity contribution in [3.8, 4) is 0 Å². The fourth-order valence-electron chi connectivity index (χ4n) is 4.34. The molecular formula is C29H39NS. The second-order valence-corrected chi connectivity index (χ2v) is 9.55. The van der Waals surface area contributed by atoms with Gasteiger partial charge in [0.1, 0.15) is 0 Å². The molecule has 1 saturated heterocycles. The van der Waals surface area contributed by atoms with Crippen molar-refractivity contribution in [2.75, 3.05) is 13.1 Å². The van der Waals surface area contributed by atoms with Gasteiger partial charge in [-0.3, -0.25) is 4.90 Å². The van der Waals surface area contributed by atoms with Crippen LogP contribution < -0.4 is 0 Å². The molecule has 31 heavy (non-hydrogen) atoms. The lowest BCUT2D eigenvalue weighted by atomic mass is 10.00. The second-order valence-electron chi connectivity index (χ2n) is 8.50. The third kappa shape index (κ3) is 8.01. The van der Waals surface area contributed by atoms with E-state index in [1.807, 2.05) is 25.6 Å². The van der Waals surface area contributed by atoms with Crippen molar-refractivity contribution in [3.05, 3.63) is 93.4 Å². The molecule has 2 heteroatoms. The molecule has 1 aliphatic heterocycles. The number of nitrogens with zero attached hydrogens (tertiary/aromatic N) is 1. The van der Waals surface area contributed by atoms with Crippen molar-refractivity contribution in [3.63, 3.8) is 0 Å². The quantitative estimate of drug-likeness (QED) is 0.416. The molecule has 1 fully saturated rings. The van der Waals surface area contributed by atoms with Gasteiger partial charge < -0.3 is 0 Å². The molecule has 166 valence electrons. The van der Waals surface area contributed by atoms with Crippen molar-refractivity contribution in [1.82, 2.24) is 4.90 Å². The van der Waals surface area contributed by atoms with Gasteiger partial charge in [0.2, 0.25) is 0 Å². The van der Waals surface area contributed by atoms with Crippen molar-refractivity contribution in [1.29, 1.82) is 0 Å². The molecule has 2 aromatic carbocycles. The van der Waals surface area contributed by atoms with Crippen LogP contribution in [0.3, 0.4) is 0 Å². The highest BCUT2D eigenvalue weighted by Crippen LogP contribution is 2.27. The predicted octanol–water partition coefficient (Wildman–Crippen LogP) is 7.87. The van der Waals surface area contributed by atoms with Crippen LogP contribution in [0.1, 0.15) is 67.3 Å². The van der Waals surface area contributed by atoms with Crippen LogP contribution in [0.5, 0.6) is 0 Å². The summed E-state index contributed by atoms with van der Waals surface area (Å²) in [6, 6.07) is 16.4. The topological polar surface area (TPSA) is 3.24 Å². The lowest BCUT2D eigenvalue weighted by molar-refractivity contribution is 0.331. The summed E-state index contributed by atoms with van der Waals surface area (Å²) < 4.78 is 0. The maximum atomic E-state index is 2.57. The zero-order valence-corrected chi connectivity index (χ0v) is 20.5. The normalized spacial score (nSPS) is 16.0. The highest BCUT2D eigenvalue weighted by Gasteiger charge is 2.11. The lowest BCUT2D eigenvalue weighted by Gasteiger charge is -2.14. The highest BCUT2D eigenvalue weighted by atomic mass is 32.2. The molecule has 0 radical (unpaired) electrons. The van der Waals surface area contributed by atoms with Crippen LogP contribution in [0.2, 0.25) is 0 Å². The fourth-order valence-corrected chi connectivity index (χ4v) is 5.27. The number of likely N-dealkylation sites (tertiary alicyclic amines) is 1. The number of hydrogen-bond acceptors (Lipinski definition) is 2. The van der Waals surface area contributed by atoms with E-state index < -0.39 is 0 Å². The Bertz CT molecular complexity index is 857. The van der Waals surface area contributed by atoms with Crippen LogP contribution in [-0.4, -0.2) is 18.0 Å². The zero-order valence-electron chi connectivity index (χ0n) is 19.7. The zero-order chi connectivity index (χ0) is 21.9. The average Bonchev–Trinajstić information content (AvgIpc) is 3.32. The molecular weight excluding hydrogens is 394 g/mol. The number of aryl methyl sites for hydroxylation is 3. The summed E-state index contributed by atoms with van der Waals surface area (Å²) in [5, 5.41) is 0. The first-order chi connectivity index (χ1) is 15.2. The smallest absolute Gasteiger partial charge is 0.0233 e. The molecule has 0 unspecified atom stereocenters. The van der Waals surface area contributed by atoms with Crippen molar-refractivity contribution in [2.45, 2.75) is 71.6 Å². The van der Waals surface area contributed by atoms with Gasteiger partial charge in [-0.05, 0) is 80.8 Å². The van der Waals surface area contributed by atoms with Gasteiger partial charge in [0.05, 0.1) is 0 Å². The van der Waals surface area contributed by atoms with Crippen LogP contribution in [0.25, 0.3) is 0 Å². The van der Waals surface area contributed by atoms with E-state index in [0.29, 0.717) is 0 Å². The lowest BCUT2D eigenvalue weighted by Crippen LogP contribution is -2.18. The Morgan fingerprint density at radius 2 is 1.48 bits per heavy atom. The standard InChI is InChI=1S/C27H33NS.C2H6/c1-22-17-25(19-26(18-22)21-29-27-7-3-2-4-8-27)14-11-23-9-12-24(13-10-23)20-28-15-5-6-16-28;1-2/h3,7-10,12-13,17-19H,2,4-6,11,14-16,20-21H2,1H3;1-2H3. The summed E-state index contributed by atoms with van der Waals surface area (Å²) in [6.07, 6.45) is 14.3. The molecule has 2 aliphatic rings. The Labute approximate surface area is 194 Å².